The van der Waals surface area contributed by atoms with Gasteiger partial charge in [-0.05, 0) is 25.0 Å². The molecule has 6 heteroatoms. The van der Waals surface area contributed by atoms with Crippen LogP contribution in [0.1, 0.15) is 25.0 Å². The molecule has 19 heavy (non-hydrogen) atoms. The second-order valence-corrected chi connectivity index (χ2v) is 4.55. The van der Waals surface area contributed by atoms with Crippen LogP contribution in [0.25, 0.3) is 0 Å². The van der Waals surface area contributed by atoms with Crippen molar-refractivity contribution in [1.29, 1.82) is 0 Å². The maximum absolute atomic E-state index is 12.0. The van der Waals surface area contributed by atoms with Gasteiger partial charge in [0.25, 0.3) is 0 Å². The van der Waals surface area contributed by atoms with Crippen LogP contribution in [0.2, 0.25) is 0 Å². The molecule has 2 N–H and O–H groups in total. The third kappa shape index (κ3) is 4.24. The molecule has 0 saturated heterocycles. The van der Waals surface area contributed by atoms with Crippen LogP contribution in [0.3, 0.4) is 0 Å². The number of nitrogens with one attached hydrogen (secondary N) is 1. The van der Waals surface area contributed by atoms with E-state index in [0.29, 0.717) is 6.54 Å². The van der Waals surface area contributed by atoms with Crippen molar-refractivity contribution in [2.75, 3.05) is 6.54 Å². The fourth-order valence-electron chi connectivity index (χ4n) is 1.82. The van der Waals surface area contributed by atoms with Crippen LogP contribution in [0.5, 0.6) is 0 Å². The maximum Gasteiger partial charge on any atom is 0.317 e. The minimum absolute atomic E-state index is 0.0203. The number of carboxylic acids is 1. The van der Waals surface area contributed by atoms with Crippen molar-refractivity contribution in [3.63, 3.8) is 0 Å². The van der Waals surface area contributed by atoms with Crippen molar-refractivity contribution in [2.24, 2.45) is 0 Å². The lowest BCUT2D eigenvalue weighted by atomic mass is 10.3. The predicted molar refractivity (Wildman–Crippen MR) is 68.5 cm³/mol. The van der Waals surface area contributed by atoms with E-state index >= 15 is 0 Å². The van der Waals surface area contributed by atoms with Crippen LogP contribution in [-0.4, -0.2) is 39.6 Å². The summed E-state index contributed by atoms with van der Waals surface area (Å²) < 4.78 is 0. The molecule has 2 rings (SSSR count). The topological polar surface area (TPSA) is 82.5 Å². The van der Waals surface area contributed by atoms with Crippen molar-refractivity contribution in [2.45, 2.75) is 31.8 Å². The molecule has 1 aromatic rings. The molecule has 0 radical (unpaired) electrons. The van der Waals surface area contributed by atoms with Gasteiger partial charge in [-0.3, -0.25) is 9.78 Å². The van der Waals surface area contributed by atoms with Crippen LogP contribution in [0, 0.1) is 0 Å². The Labute approximate surface area is 111 Å². The Bertz CT molecular complexity index is 446. The lowest BCUT2D eigenvalue weighted by molar-refractivity contribution is -0.137. The molecule has 0 aliphatic heterocycles. The second-order valence-electron chi connectivity index (χ2n) is 4.55. The highest BCUT2D eigenvalue weighted by Crippen LogP contribution is 2.26. The van der Waals surface area contributed by atoms with Gasteiger partial charge in [-0.15, -0.1) is 0 Å². The van der Waals surface area contributed by atoms with Gasteiger partial charge >= 0.3 is 12.0 Å². The summed E-state index contributed by atoms with van der Waals surface area (Å²) in [6.07, 6.45) is 3.56. The van der Waals surface area contributed by atoms with E-state index in [4.69, 9.17) is 5.11 Å². The zero-order valence-corrected chi connectivity index (χ0v) is 10.6. The first-order chi connectivity index (χ1) is 9.16. The van der Waals surface area contributed by atoms with Crippen molar-refractivity contribution in [1.82, 2.24) is 15.2 Å². The van der Waals surface area contributed by atoms with Gasteiger partial charge in [0.05, 0.1) is 18.7 Å². The molecule has 1 saturated carbocycles. The average molecular weight is 263 g/mol. The van der Waals surface area contributed by atoms with E-state index in [1.165, 1.54) is 0 Å². The van der Waals surface area contributed by atoms with Gasteiger partial charge in [-0.25, -0.2) is 4.79 Å². The first kappa shape index (κ1) is 13.3. The van der Waals surface area contributed by atoms with Crippen molar-refractivity contribution in [3.05, 3.63) is 30.1 Å². The highest BCUT2D eigenvalue weighted by molar-refractivity contribution is 5.76. The molecule has 1 aliphatic rings. The third-order valence-corrected chi connectivity index (χ3v) is 2.96. The average Bonchev–Trinajstić information content (AvgIpc) is 3.22. The molecule has 1 aromatic heterocycles. The Morgan fingerprint density at radius 3 is 2.79 bits per heavy atom. The molecule has 1 aliphatic carbocycles. The van der Waals surface area contributed by atoms with E-state index in [9.17, 15) is 9.59 Å². The van der Waals surface area contributed by atoms with E-state index in [2.05, 4.69) is 10.3 Å². The van der Waals surface area contributed by atoms with Gasteiger partial charge in [0.1, 0.15) is 0 Å². The van der Waals surface area contributed by atoms with E-state index < -0.39 is 5.97 Å². The van der Waals surface area contributed by atoms with Crippen LogP contribution in [0.4, 0.5) is 4.79 Å². The Hall–Kier alpha value is -2.11. The summed E-state index contributed by atoms with van der Waals surface area (Å²) in [5.74, 6) is -0.886. The van der Waals surface area contributed by atoms with Crippen LogP contribution in [-0.2, 0) is 11.3 Å². The summed E-state index contributed by atoms with van der Waals surface area (Å²) in [6.45, 7) is 0.615. The van der Waals surface area contributed by atoms with Crippen molar-refractivity contribution >= 4 is 12.0 Å². The Morgan fingerprint density at radius 2 is 2.21 bits per heavy atom. The van der Waals surface area contributed by atoms with Gasteiger partial charge in [-0.1, -0.05) is 6.07 Å². The number of hydrogen-bond donors (Lipinski definition) is 2. The van der Waals surface area contributed by atoms with Crippen LogP contribution in [0.15, 0.2) is 24.4 Å². The van der Waals surface area contributed by atoms with Crippen molar-refractivity contribution < 1.29 is 14.7 Å². The Morgan fingerprint density at radius 1 is 1.42 bits per heavy atom. The lowest BCUT2D eigenvalue weighted by Gasteiger charge is -2.21. The molecule has 0 unspecified atom stereocenters. The first-order valence-electron chi connectivity index (χ1n) is 6.33. The number of amides is 2. The van der Waals surface area contributed by atoms with Crippen molar-refractivity contribution in [3.8, 4) is 0 Å². The summed E-state index contributed by atoms with van der Waals surface area (Å²) in [5, 5.41) is 11.5. The van der Waals surface area contributed by atoms with E-state index in [1.54, 1.807) is 11.1 Å². The molecule has 1 fully saturated rings. The number of carboxylic acid groups (broad SMARTS) is 1. The van der Waals surface area contributed by atoms with Gasteiger partial charge in [0.15, 0.2) is 0 Å². The fraction of sp³-hybridized carbons (Fsp3) is 0.462. The summed E-state index contributed by atoms with van der Waals surface area (Å²) in [4.78, 5) is 28.3. The van der Waals surface area contributed by atoms with Gasteiger partial charge < -0.3 is 15.3 Å². The summed E-state index contributed by atoms with van der Waals surface area (Å²) in [5.41, 5.74) is 0.782. The lowest BCUT2D eigenvalue weighted by Crippen LogP contribution is -2.42. The summed E-state index contributed by atoms with van der Waals surface area (Å²) in [6, 6.07) is 5.49. The Balaban J connectivity index is 1.83. The molecule has 1 heterocycles. The number of carbonyl (C=O) groups is 2. The van der Waals surface area contributed by atoms with Gasteiger partial charge in [0, 0.05) is 18.8 Å². The summed E-state index contributed by atoms with van der Waals surface area (Å²) in [7, 11) is 0. The SMILES string of the molecule is O=C(O)CCN(C(=O)NCc1ccccn1)C1CC1. The fourth-order valence-corrected chi connectivity index (χ4v) is 1.82. The van der Waals surface area contributed by atoms with Gasteiger partial charge in [-0.2, -0.15) is 0 Å². The zero-order valence-electron chi connectivity index (χ0n) is 10.6. The van der Waals surface area contributed by atoms with Crippen LogP contribution < -0.4 is 5.32 Å². The normalized spacial score (nSPS) is 13.9. The molecule has 0 aromatic carbocycles. The summed E-state index contributed by atoms with van der Waals surface area (Å²) >= 11 is 0. The largest absolute Gasteiger partial charge is 0.481 e. The Kier molecular flexibility index (Phi) is 4.33. The molecule has 6 nitrogen and oxygen atoms in total. The number of rotatable bonds is 6. The first-order valence-corrected chi connectivity index (χ1v) is 6.33. The van der Waals surface area contributed by atoms with Gasteiger partial charge in [0.2, 0.25) is 0 Å². The molecular formula is C13H17N3O3. The molecular weight excluding hydrogens is 246 g/mol. The molecule has 2 amide bonds. The molecule has 0 bridgehead atoms. The van der Waals surface area contributed by atoms with E-state index in [-0.39, 0.29) is 25.0 Å². The monoisotopic (exact) mass is 263 g/mol. The molecule has 0 atom stereocenters. The number of urea groups is 1. The predicted octanol–water partition coefficient (Wildman–Crippen LogP) is 1.23. The van der Waals surface area contributed by atoms with E-state index in [0.717, 1.165) is 18.5 Å². The second kappa shape index (κ2) is 6.17. The number of aromatic nitrogens is 1. The highest BCUT2D eigenvalue weighted by Gasteiger charge is 2.32. The number of hydrogen-bond acceptors (Lipinski definition) is 3. The molecule has 0 spiro atoms. The van der Waals surface area contributed by atoms with E-state index in [1.807, 2.05) is 18.2 Å². The molecule has 102 valence electrons. The zero-order chi connectivity index (χ0) is 13.7. The minimum atomic E-state index is -0.886. The van der Waals surface area contributed by atoms with Crippen LogP contribution >= 0.6 is 0 Å². The minimum Gasteiger partial charge on any atom is -0.481 e. The maximum atomic E-state index is 12.0. The third-order valence-electron chi connectivity index (χ3n) is 2.96. The standard InChI is InChI=1S/C13H17N3O3/c17-12(18)6-8-16(11-4-5-11)13(19)15-9-10-3-1-2-7-14-10/h1-3,7,11H,4-6,8-9H2,(H,15,19)(H,17,18). The number of nitrogens with zero attached hydrogens (tertiary/aromatic N) is 2. The highest BCUT2D eigenvalue weighted by atomic mass is 16.4. The smallest absolute Gasteiger partial charge is 0.317 e. The number of pyridine rings is 1. The number of aliphatic carboxylic acids is 1. The number of carbonyl (C=O) groups excluding carboxylic acids is 1. The quantitative estimate of drug-likeness (QED) is 0.808.